The van der Waals surface area contributed by atoms with E-state index in [1.54, 1.807) is 0 Å². The van der Waals surface area contributed by atoms with E-state index in [0.717, 1.165) is 0 Å². The topological polar surface area (TPSA) is 6.48 Å². The van der Waals surface area contributed by atoms with E-state index in [1.807, 2.05) is 0 Å². The molecule has 12 heavy (non-hydrogen) atoms. The van der Waals surface area contributed by atoms with Gasteiger partial charge in [0.2, 0.25) is 0 Å². The average molecular weight is 172 g/mol. The first-order chi connectivity index (χ1) is 5.70. The molecule has 0 bridgehead atoms. The molecule has 0 saturated carbocycles. The van der Waals surface area contributed by atoms with Gasteiger partial charge in [0.25, 0.3) is 0 Å². The summed E-state index contributed by atoms with van der Waals surface area (Å²) in [6.45, 7) is 9.24. The van der Waals surface area contributed by atoms with Gasteiger partial charge in [-0.05, 0) is 53.1 Å². The van der Waals surface area contributed by atoms with Crippen LogP contribution in [0.5, 0.6) is 0 Å². The molecular formula is C10H24N2. The zero-order valence-electron chi connectivity index (χ0n) is 9.14. The van der Waals surface area contributed by atoms with Crippen LogP contribution in [0.2, 0.25) is 0 Å². The van der Waals surface area contributed by atoms with Gasteiger partial charge < -0.3 is 9.80 Å². The fraction of sp³-hybridized carbons (Fsp3) is 1.00. The minimum Gasteiger partial charge on any atom is -0.307 e. The lowest BCUT2D eigenvalue weighted by atomic mass is 10.3. The summed E-state index contributed by atoms with van der Waals surface area (Å²) in [4.78, 5) is 4.73. The van der Waals surface area contributed by atoms with E-state index in [-0.39, 0.29) is 0 Å². The van der Waals surface area contributed by atoms with Gasteiger partial charge in [-0.2, -0.15) is 0 Å². The average Bonchev–Trinajstić information content (AvgIpc) is 2.11. The Morgan fingerprint density at radius 1 is 0.750 bits per heavy atom. The fourth-order valence-electron chi connectivity index (χ4n) is 1.08. The molecule has 0 heterocycles. The third kappa shape index (κ3) is 6.62. The molecule has 0 aliphatic carbocycles. The van der Waals surface area contributed by atoms with Crippen molar-refractivity contribution in [1.29, 1.82) is 0 Å². The summed E-state index contributed by atoms with van der Waals surface area (Å²) < 4.78 is 0. The molecule has 0 aromatic rings. The highest BCUT2D eigenvalue weighted by molar-refractivity contribution is 4.52. The lowest BCUT2D eigenvalue weighted by molar-refractivity contribution is 0.308. The van der Waals surface area contributed by atoms with Crippen molar-refractivity contribution in [3.63, 3.8) is 0 Å². The van der Waals surface area contributed by atoms with Crippen LogP contribution in [0.25, 0.3) is 0 Å². The van der Waals surface area contributed by atoms with E-state index in [1.165, 1.54) is 39.0 Å². The lowest BCUT2D eigenvalue weighted by Crippen LogP contribution is -2.22. The summed E-state index contributed by atoms with van der Waals surface area (Å²) in [6.07, 6.45) is 2.66. The van der Waals surface area contributed by atoms with Gasteiger partial charge in [-0.15, -0.1) is 0 Å². The fourth-order valence-corrected chi connectivity index (χ4v) is 1.08. The maximum absolute atomic E-state index is 2.37. The Morgan fingerprint density at radius 3 is 1.33 bits per heavy atom. The van der Waals surface area contributed by atoms with E-state index in [0.29, 0.717) is 0 Å². The second-order valence-corrected chi connectivity index (χ2v) is 3.50. The van der Waals surface area contributed by atoms with Crippen molar-refractivity contribution < 1.29 is 0 Å². The van der Waals surface area contributed by atoms with Crippen LogP contribution >= 0.6 is 0 Å². The molecule has 0 fully saturated rings. The summed E-state index contributed by atoms with van der Waals surface area (Å²) in [5.41, 5.74) is 0. The minimum atomic E-state index is 1.17. The van der Waals surface area contributed by atoms with Crippen molar-refractivity contribution in [1.82, 2.24) is 9.80 Å². The van der Waals surface area contributed by atoms with Gasteiger partial charge in [0.15, 0.2) is 0 Å². The SMILES string of the molecule is CCN(C)CCCCN(C)CC. The molecule has 2 nitrogen and oxygen atoms in total. The van der Waals surface area contributed by atoms with E-state index in [4.69, 9.17) is 0 Å². The molecule has 0 aromatic heterocycles. The van der Waals surface area contributed by atoms with Gasteiger partial charge in [0.1, 0.15) is 0 Å². The Bertz CT molecular complexity index is 81.8. The molecule has 74 valence electrons. The van der Waals surface area contributed by atoms with E-state index in [2.05, 4.69) is 37.7 Å². The number of hydrogen-bond acceptors (Lipinski definition) is 2. The molecule has 0 radical (unpaired) electrons. The van der Waals surface area contributed by atoms with Crippen LogP contribution in [0.3, 0.4) is 0 Å². The third-order valence-corrected chi connectivity index (χ3v) is 2.41. The van der Waals surface area contributed by atoms with Crippen molar-refractivity contribution in [2.75, 3.05) is 40.3 Å². The molecule has 0 atom stereocenters. The number of hydrogen-bond donors (Lipinski definition) is 0. The maximum Gasteiger partial charge on any atom is -0.00214 e. The van der Waals surface area contributed by atoms with Gasteiger partial charge in [0, 0.05) is 0 Å². The summed E-state index contributed by atoms with van der Waals surface area (Å²) in [7, 11) is 4.37. The first kappa shape index (κ1) is 11.9. The van der Waals surface area contributed by atoms with Gasteiger partial charge in [-0.1, -0.05) is 13.8 Å². The summed E-state index contributed by atoms with van der Waals surface area (Å²) in [6, 6.07) is 0. The normalized spacial score (nSPS) is 11.5. The quantitative estimate of drug-likeness (QED) is 0.539. The van der Waals surface area contributed by atoms with Crippen LogP contribution in [0.4, 0.5) is 0 Å². The molecule has 2 heteroatoms. The van der Waals surface area contributed by atoms with Crippen LogP contribution in [0, 0.1) is 0 Å². The Balaban J connectivity index is 3.10. The van der Waals surface area contributed by atoms with Crippen LogP contribution < -0.4 is 0 Å². The molecule has 0 aliphatic heterocycles. The lowest BCUT2D eigenvalue weighted by Gasteiger charge is -2.16. The monoisotopic (exact) mass is 172 g/mol. The van der Waals surface area contributed by atoms with Gasteiger partial charge in [-0.25, -0.2) is 0 Å². The van der Waals surface area contributed by atoms with E-state index >= 15 is 0 Å². The summed E-state index contributed by atoms with van der Waals surface area (Å²) in [5.74, 6) is 0. The first-order valence-corrected chi connectivity index (χ1v) is 5.07. The van der Waals surface area contributed by atoms with Crippen molar-refractivity contribution in [2.24, 2.45) is 0 Å². The van der Waals surface area contributed by atoms with Crippen molar-refractivity contribution in [3.05, 3.63) is 0 Å². The third-order valence-electron chi connectivity index (χ3n) is 2.41. The Kier molecular flexibility index (Phi) is 7.51. The van der Waals surface area contributed by atoms with Crippen molar-refractivity contribution in [2.45, 2.75) is 26.7 Å². The Labute approximate surface area is 77.5 Å². The number of rotatable bonds is 7. The molecule has 0 aliphatic rings. The highest BCUT2D eigenvalue weighted by Crippen LogP contribution is 1.94. The van der Waals surface area contributed by atoms with Gasteiger partial charge >= 0.3 is 0 Å². The predicted molar refractivity (Wildman–Crippen MR) is 55.6 cm³/mol. The maximum atomic E-state index is 2.37. The Morgan fingerprint density at radius 2 is 1.08 bits per heavy atom. The molecule has 0 unspecified atom stereocenters. The molecule has 0 saturated heterocycles. The van der Waals surface area contributed by atoms with Crippen LogP contribution in [0.15, 0.2) is 0 Å². The summed E-state index contributed by atoms with van der Waals surface area (Å²) >= 11 is 0. The molecular weight excluding hydrogens is 148 g/mol. The zero-order chi connectivity index (χ0) is 9.40. The number of unbranched alkanes of at least 4 members (excludes halogenated alkanes) is 1. The van der Waals surface area contributed by atoms with Crippen LogP contribution in [-0.4, -0.2) is 50.1 Å². The predicted octanol–water partition coefficient (Wildman–Crippen LogP) is 1.67. The largest absolute Gasteiger partial charge is 0.307 e. The molecule has 0 rings (SSSR count). The molecule has 0 N–H and O–H groups in total. The van der Waals surface area contributed by atoms with Crippen LogP contribution in [-0.2, 0) is 0 Å². The van der Waals surface area contributed by atoms with Gasteiger partial charge in [0.05, 0.1) is 0 Å². The molecule has 0 amide bonds. The highest BCUT2D eigenvalue weighted by atomic mass is 15.1. The van der Waals surface area contributed by atoms with Gasteiger partial charge in [-0.3, -0.25) is 0 Å². The standard InChI is InChI=1S/C10H24N2/c1-5-11(3)9-7-8-10-12(4)6-2/h5-10H2,1-4H3. The smallest absolute Gasteiger partial charge is 0.00214 e. The summed E-state index contributed by atoms with van der Waals surface area (Å²) in [5, 5.41) is 0. The van der Waals surface area contributed by atoms with E-state index in [9.17, 15) is 0 Å². The minimum absolute atomic E-state index is 1.17. The van der Waals surface area contributed by atoms with E-state index < -0.39 is 0 Å². The van der Waals surface area contributed by atoms with Crippen LogP contribution in [0.1, 0.15) is 26.7 Å². The first-order valence-electron chi connectivity index (χ1n) is 5.07. The highest BCUT2D eigenvalue weighted by Gasteiger charge is 1.96. The zero-order valence-corrected chi connectivity index (χ0v) is 9.14. The number of nitrogens with zero attached hydrogens (tertiary/aromatic N) is 2. The molecule has 0 aromatic carbocycles. The molecule has 0 spiro atoms. The van der Waals surface area contributed by atoms with Crippen molar-refractivity contribution in [3.8, 4) is 0 Å². The second kappa shape index (κ2) is 7.56. The second-order valence-electron chi connectivity index (χ2n) is 3.50. The van der Waals surface area contributed by atoms with Crippen molar-refractivity contribution >= 4 is 0 Å². The Hall–Kier alpha value is -0.0800.